The summed E-state index contributed by atoms with van der Waals surface area (Å²) >= 11 is 1.15. The molecule has 0 saturated heterocycles. The zero-order valence-electron chi connectivity index (χ0n) is 16.9. The zero-order chi connectivity index (χ0) is 22.0. The maximum Gasteiger partial charge on any atom is 0.281 e. The van der Waals surface area contributed by atoms with E-state index in [0.717, 1.165) is 16.9 Å². The molecule has 3 aromatic rings. The predicted octanol–water partition coefficient (Wildman–Crippen LogP) is 2.54. The molecule has 0 spiro atoms. The second kappa shape index (κ2) is 8.53. The minimum absolute atomic E-state index is 0.130. The van der Waals surface area contributed by atoms with E-state index >= 15 is 0 Å². The van der Waals surface area contributed by atoms with E-state index in [4.69, 9.17) is 4.74 Å². The number of ether oxygens (including phenoxy) is 1. The van der Waals surface area contributed by atoms with Crippen LogP contribution in [0.25, 0.3) is 0 Å². The van der Waals surface area contributed by atoms with Crippen LogP contribution in [0, 0.1) is 11.3 Å². The van der Waals surface area contributed by atoms with E-state index in [2.05, 4.69) is 21.4 Å². The van der Waals surface area contributed by atoms with Gasteiger partial charge in [0.2, 0.25) is 0 Å². The molecule has 2 amide bonds. The van der Waals surface area contributed by atoms with Crippen molar-refractivity contribution in [2.75, 3.05) is 11.9 Å². The smallest absolute Gasteiger partial charge is 0.281 e. The average Bonchev–Trinajstić information content (AvgIpc) is 3.16. The van der Waals surface area contributed by atoms with Gasteiger partial charge in [0.05, 0.1) is 0 Å². The fourth-order valence-corrected chi connectivity index (χ4v) is 4.28. The minimum Gasteiger partial charge on any atom is -0.484 e. The summed E-state index contributed by atoms with van der Waals surface area (Å²) in [6.07, 6.45) is 1.45. The van der Waals surface area contributed by atoms with Gasteiger partial charge < -0.3 is 10.1 Å². The summed E-state index contributed by atoms with van der Waals surface area (Å²) in [5.74, 6) is -0.0159. The number of nitriles is 1. The number of amides is 2. The second-order valence-corrected chi connectivity index (χ2v) is 8.15. The van der Waals surface area contributed by atoms with Gasteiger partial charge in [0.15, 0.2) is 22.3 Å². The highest BCUT2D eigenvalue weighted by Crippen LogP contribution is 2.30. The molecule has 3 heterocycles. The maximum atomic E-state index is 13.0. The van der Waals surface area contributed by atoms with E-state index in [1.165, 1.54) is 4.90 Å². The molecule has 4 rings (SSSR count). The Bertz CT molecular complexity index is 1170. The monoisotopic (exact) mass is 433 g/mol. The summed E-state index contributed by atoms with van der Waals surface area (Å²) in [5.41, 5.74) is 1.23. The molecule has 0 unspecified atom stereocenters. The molecule has 9 heteroatoms. The van der Waals surface area contributed by atoms with E-state index < -0.39 is 18.1 Å². The highest BCUT2D eigenvalue weighted by atomic mass is 32.1. The first-order valence-corrected chi connectivity index (χ1v) is 10.4. The predicted molar refractivity (Wildman–Crippen MR) is 115 cm³/mol. The molecule has 0 radical (unpaired) electrons. The van der Waals surface area contributed by atoms with Crippen LogP contribution in [0.4, 0.5) is 5.82 Å². The molecule has 1 aliphatic rings. The lowest BCUT2D eigenvalue weighted by atomic mass is 10.1. The van der Waals surface area contributed by atoms with Crippen molar-refractivity contribution in [3.8, 4) is 11.8 Å². The Kier molecular flexibility index (Phi) is 5.64. The Labute approximate surface area is 183 Å². The Hall–Kier alpha value is -3.77. The second-order valence-electron chi connectivity index (χ2n) is 7.06. The number of thiazole rings is 1. The zero-order valence-corrected chi connectivity index (χ0v) is 17.7. The van der Waals surface area contributed by atoms with Crippen molar-refractivity contribution in [1.82, 2.24) is 15.3 Å². The molecule has 2 aromatic heterocycles. The minimum atomic E-state index is -0.932. The molecule has 0 bridgehead atoms. The van der Waals surface area contributed by atoms with Crippen LogP contribution < -0.4 is 15.0 Å². The number of benzene rings is 1. The normalized spacial score (nSPS) is 17.8. The number of fused-ring (bicyclic) bond motifs is 1. The number of carbonyl (C=O) groups is 2. The number of hydrogen-bond acceptors (Lipinski definition) is 7. The quantitative estimate of drug-likeness (QED) is 0.677. The number of pyridine rings is 1. The lowest BCUT2D eigenvalue weighted by molar-refractivity contribution is -0.121. The molecule has 1 aliphatic heterocycles. The molecular formula is C22H19N5O3S. The van der Waals surface area contributed by atoms with Crippen LogP contribution >= 0.6 is 11.3 Å². The Balaban J connectivity index is 1.55. The van der Waals surface area contributed by atoms with E-state index in [9.17, 15) is 14.9 Å². The summed E-state index contributed by atoms with van der Waals surface area (Å²) in [5, 5.41) is 12.3. The van der Waals surface area contributed by atoms with E-state index in [1.807, 2.05) is 30.3 Å². The third-order valence-corrected chi connectivity index (χ3v) is 5.99. The van der Waals surface area contributed by atoms with Gasteiger partial charge in [0.1, 0.15) is 18.2 Å². The molecule has 31 heavy (non-hydrogen) atoms. The van der Waals surface area contributed by atoms with Gasteiger partial charge >= 0.3 is 0 Å². The van der Waals surface area contributed by atoms with Crippen LogP contribution in [0.15, 0.2) is 48.7 Å². The molecule has 0 saturated carbocycles. The summed E-state index contributed by atoms with van der Waals surface area (Å²) in [7, 11) is 1.59. The van der Waals surface area contributed by atoms with Gasteiger partial charge in [-0.15, -0.1) is 11.3 Å². The molecule has 0 aliphatic carbocycles. The Morgan fingerprint density at radius 3 is 2.81 bits per heavy atom. The van der Waals surface area contributed by atoms with Crippen molar-refractivity contribution in [2.24, 2.45) is 0 Å². The standard InChI is InChI=1S/C22H19N5O3S/c1-13-18(22(29)27(2)19-16(30-13)9-6-10-24-19)26-20(28)21-25-15(12-23)17(31-21)11-14-7-4-3-5-8-14/h3-10,13,18H,11H2,1-2H3,(H,26,28)/t13-,18+/m1/s1. The summed E-state index contributed by atoms with van der Waals surface area (Å²) < 4.78 is 5.87. The van der Waals surface area contributed by atoms with Crippen LogP contribution in [0.2, 0.25) is 0 Å². The third-order valence-electron chi connectivity index (χ3n) is 4.94. The van der Waals surface area contributed by atoms with Crippen LogP contribution in [0.3, 0.4) is 0 Å². The van der Waals surface area contributed by atoms with Crippen molar-refractivity contribution >= 4 is 29.0 Å². The lowest BCUT2D eigenvalue weighted by Crippen LogP contribution is -2.53. The van der Waals surface area contributed by atoms with Gasteiger partial charge in [-0.3, -0.25) is 14.5 Å². The SMILES string of the molecule is C[C@H]1Oc2cccnc2N(C)C(=O)[C@H]1NC(=O)c1nc(C#N)c(Cc2ccccc2)s1. The van der Waals surface area contributed by atoms with Crippen LogP contribution in [0.1, 0.15) is 32.9 Å². The number of aromatic nitrogens is 2. The van der Waals surface area contributed by atoms with Crippen molar-refractivity contribution in [2.45, 2.75) is 25.5 Å². The van der Waals surface area contributed by atoms with Gasteiger partial charge in [-0.25, -0.2) is 9.97 Å². The fourth-order valence-electron chi connectivity index (χ4n) is 3.33. The van der Waals surface area contributed by atoms with Crippen molar-refractivity contribution in [1.29, 1.82) is 5.26 Å². The first kappa shape index (κ1) is 20.5. The van der Waals surface area contributed by atoms with Gasteiger partial charge in [-0.05, 0) is 24.6 Å². The molecule has 0 fully saturated rings. The molecular weight excluding hydrogens is 414 g/mol. The van der Waals surface area contributed by atoms with Crippen molar-refractivity contribution in [3.05, 3.63) is 69.8 Å². The van der Waals surface area contributed by atoms with E-state index in [-0.39, 0.29) is 16.6 Å². The highest BCUT2D eigenvalue weighted by molar-refractivity contribution is 7.13. The van der Waals surface area contributed by atoms with Gasteiger partial charge in [-0.2, -0.15) is 5.26 Å². The summed E-state index contributed by atoms with van der Waals surface area (Å²) in [6, 6.07) is 14.2. The molecule has 1 N–H and O–H groups in total. The summed E-state index contributed by atoms with van der Waals surface area (Å²) in [4.78, 5) is 36.4. The van der Waals surface area contributed by atoms with Gasteiger partial charge in [0, 0.05) is 24.5 Å². The first-order valence-electron chi connectivity index (χ1n) is 9.61. The number of anilines is 1. The third kappa shape index (κ3) is 4.11. The number of nitrogens with one attached hydrogen (secondary N) is 1. The Morgan fingerprint density at radius 2 is 2.06 bits per heavy atom. The van der Waals surface area contributed by atoms with Gasteiger partial charge in [-0.1, -0.05) is 30.3 Å². The van der Waals surface area contributed by atoms with Crippen molar-refractivity contribution < 1.29 is 14.3 Å². The molecule has 156 valence electrons. The molecule has 8 nitrogen and oxygen atoms in total. The van der Waals surface area contributed by atoms with Crippen LogP contribution in [-0.4, -0.2) is 41.0 Å². The molecule has 2 atom stereocenters. The fraction of sp³-hybridized carbons (Fsp3) is 0.227. The maximum absolute atomic E-state index is 13.0. The number of likely N-dealkylation sites (N-methyl/N-ethyl adjacent to an activating group) is 1. The number of carbonyl (C=O) groups excluding carboxylic acids is 2. The average molecular weight is 433 g/mol. The topological polar surface area (TPSA) is 108 Å². The van der Waals surface area contributed by atoms with E-state index in [0.29, 0.717) is 22.9 Å². The number of nitrogens with zero attached hydrogens (tertiary/aromatic N) is 4. The first-order chi connectivity index (χ1) is 15.0. The Morgan fingerprint density at radius 1 is 1.29 bits per heavy atom. The van der Waals surface area contributed by atoms with Crippen LogP contribution in [-0.2, 0) is 11.2 Å². The van der Waals surface area contributed by atoms with Crippen molar-refractivity contribution in [3.63, 3.8) is 0 Å². The van der Waals surface area contributed by atoms with E-state index in [1.54, 1.807) is 32.3 Å². The largest absolute Gasteiger partial charge is 0.484 e. The highest BCUT2D eigenvalue weighted by Gasteiger charge is 2.37. The summed E-state index contributed by atoms with van der Waals surface area (Å²) in [6.45, 7) is 1.71. The lowest BCUT2D eigenvalue weighted by Gasteiger charge is -2.23. The van der Waals surface area contributed by atoms with Crippen LogP contribution in [0.5, 0.6) is 5.75 Å². The molecule has 1 aromatic carbocycles. The number of rotatable bonds is 4. The van der Waals surface area contributed by atoms with Gasteiger partial charge in [0.25, 0.3) is 11.8 Å². The number of hydrogen-bond donors (Lipinski definition) is 1.